The highest BCUT2D eigenvalue weighted by Crippen LogP contribution is 2.10. The van der Waals surface area contributed by atoms with Gasteiger partial charge in [0.2, 0.25) is 5.91 Å². The Morgan fingerprint density at radius 1 is 1.41 bits per heavy atom. The van der Waals surface area contributed by atoms with Crippen LogP contribution in [0, 0.1) is 11.7 Å². The molecule has 1 unspecified atom stereocenters. The molecule has 1 aliphatic heterocycles. The Bertz CT molecular complexity index is 475. The number of halogens is 1. The molecule has 1 heterocycles. The number of nitrogens with zero attached hydrogens (tertiary/aromatic N) is 1. The topological polar surface area (TPSA) is 44.4 Å². The third-order valence-corrected chi connectivity index (χ3v) is 4.04. The van der Waals surface area contributed by atoms with E-state index in [1.807, 2.05) is 13.0 Å². The predicted octanol–water partition coefficient (Wildman–Crippen LogP) is 1.42. The van der Waals surface area contributed by atoms with E-state index in [-0.39, 0.29) is 17.6 Å². The van der Waals surface area contributed by atoms with Crippen LogP contribution in [0.3, 0.4) is 0 Å². The van der Waals surface area contributed by atoms with E-state index in [1.165, 1.54) is 12.1 Å². The zero-order chi connectivity index (χ0) is 15.8. The highest BCUT2D eigenvalue weighted by Gasteiger charge is 2.14. The van der Waals surface area contributed by atoms with Crippen molar-refractivity contribution in [3.63, 3.8) is 0 Å². The first kappa shape index (κ1) is 16.9. The van der Waals surface area contributed by atoms with E-state index >= 15 is 0 Å². The molecule has 1 aliphatic rings. The van der Waals surface area contributed by atoms with Crippen molar-refractivity contribution in [3.8, 4) is 0 Å². The number of amides is 1. The van der Waals surface area contributed by atoms with Crippen LogP contribution >= 0.6 is 0 Å². The minimum atomic E-state index is -0.249. The maximum absolute atomic E-state index is 13.1. The average Bonchev–Trinajstić information content (AvgIpc) is 2.52. The summed E-state index contributed by atoms with van der Waals surface area (Å²) >= 11 is 0. The fourth-order valence-corrected chi connectivity index (χ4v) is 2.73. The van der Waals surface area contributed by atoms with Crippen LogP contribution in [-0.2, 0) is 11.2 Å². The van der Waals surface area contributed by atoms with Gasteiger partial charge in [0.05, 0.1) is 0 Å². The largest absolute Gasteiger partial charge is 0.356 e. The Labute approximate surface area is 132 Å². The lowest BCUT2D eigenvalue weighted by Gasteiger charge is -2.27. The van der Waals surface area contributed by atoms with Gasteiger partial charge in [-0.1, -0.05) is 19.1 Å². The number of carbonyl (C=O) groups excluding carboxylic acids is 1. The average molecular weight is 307 g/mol. The van der Waals surface area contributed by atoms with Crippen molar-refractivity contribution in [2.45, 2.75) is 19.8 Å². The number of benzene rings is 1. The van der Waals surface area contributed by atoms with Gasteiger partial charge in [0, 0.05) is 38.6 Å². The Kier molecular flexibility index (Phi) is 6.80. The number of nitrogens with one attached hydrogen (secondary N) is 2. The number of hydrogen-bond donors (Lipinski definition) is 2. The summed E-state index contributed by atoms with van der Waals surface area (Å²) in [5.41, 5.74) is 0.864. The highest BCUT2D eigenvalue weighted by atomic mass is 19.1. The van der Waals surface area contributed by atoms with Crippen LogP contribution in [-0.4, -0.2) is 50.1 Å². The van der Waals surface area contributed by atoms with Gasteiger partial charge in [0.1, 0.15) is 5.82 Å². The third kappa shape index (κ3) is 5.73. The molecule has 2 N–H and O–H groups in total. The van der Waals surface area contributed by atoms with Gasteiger partial charge in [-0.25, -0.2) is 4.39 Å². The fourth-order valence-electron chi connectivity index (χ4n) is 2.73. The SMILES string of the molecule is CC(Cc1cccc(F)c1)C(=O)NCCCN1CCNCC1. The molecular weight excluding hydrogens is 281 g/mol. The molecular formula is C17H26FN3O. The summed E-state index contributed by atoms with van der Waals surface area (Å²) in [7, 11) is 0. The van der Waals surface area contributed by atoms with Crippen molar-refractivity contribution in [2.75, 3.05) is 39.3 Å². The third-order valence-electron chi connectivity index (χ3n) is 4.04. The fraction of sp³-hybridized carbons (Fsp3) is 0.588. The van der Waals surface area contributed by atoms with Gasteiger partial charge in [-0.3, -0.25) is 4.79 Å². The lowest BCUT2D eigenvalue weighted by molar-refractivity contribution is -0.124. The molecule has 0 saturated carbocycles. The van der Waals surface area contributed by atoms with Gasteiger partial charge in [-0.05, 0) is 37.1 Å². The molecule has 1 saturated heterocycles. The second kappa shape index (κ2) is 8.86. The molecule has 1 fully saturated rings. The maximum Gasteiger partial charge on any atom is 0.223 e. The molecule has 1 atom stereocenters. The summed E-state index contributed by atoms with van der Waals surface area (Å²) < 4.78 is 13.1. The second-order valence-electron chi connectivity index (χ2n) is 5.97. The van der Waals surface area contributed by atoms with Crippen molar-refractivity contribution >= 4 is 5.91 Å². The molecule has 2 rings (SSSR count). The number of rotatable bonds is 7. The van der Waals surface area contributed by atoms with Crippen molar-refractivity contribution in [2.24, 2.45) is 5.92 Å². The molecule has 1 aromatic carbocycles. The summed E-state index contributed by atoms with van der Waals surface area (Å²) in [5, 5.41) is 6.31. The van der Waals surface area contributed by atoms with E-state index in [1.54, 1.807) is 6.07 Å². The van der Waals surface area contributed by atoms with Gasteiger partial charge in [-0.15, -0.1) is 0 Å². The minimum absolute atomic E-state index is 0.0459. The Morgan fingerprint density at radius 3 is 2.91 bits per heavy atom. The van der Waals surface area contributed by atoms with Crippen LogP contribution in [0.15, 0.2) is 24.3 Å². The lowest BCUT2D eigenvalue weighted by atomic mass is 10.0. The highest BCUT2D eigenvalue weighted by molar-refractivity contribution is 5.78. The molecule has 0 radical (unpaired) electrons. The Hall–Kier alpha value is -1.46. The first-order valence-corrected chi connectivity index (χ1v) is 8.10. The quantitative estimate of drug-likeness (QED) is 0.749. The number of piperazine rings is 1. The van der Waals surface area contributed by atoms with Crippen LogP contribution in [0.2, 0.25) is 0 Å². The summed E-state index contributed by atoms with van der Waals surface area (Å²) in [6.45, 7) is 7.90. The molecule has 4 nitrogen and oxygen atoms in total. The molecule has 0 aliphatic carbocycles. The zero-order valence-corrected chi connectivity index (χ0v) is 13.3. The van der Waals surface area contributed by atoms with Crippen LogP contribution in [0.4, 0.5) is 4.39 Å². The van der Waals surface area contributed by atoms with Gasteiger partial charge in [0.15, 0.2) is 0 Å². The van der Waals surface area contributed by atoms with E-state index in [9.17, 15) is 9.18 Å². The molecule has 122 valence electrons. The Balaban J connectivity index is 1.63. The number of carbonyl (C=O) groups is 1. The van der Waals surface area contributed by atoms with Crippen molar-refractivity contribution in [1.82, 2.24) is 15.5 Å². The van der Waals surface area contributed by atoms with E-state index in [2.05, 4.69) is 15.5 Å². The van der Waals surface area contributed by atoms with Crippen molar-refractivity contribution in [3.05, 3.63) is 35.6 Å². The van der Waals surface area contributed by atoms with Crippen LogP contribution < -0.4 is 10.6 Å². The zero-order valence-electron chi connectivity index (χ0n) is 13.3. The molecule has 22 heavy (non-hydrogen) atoms. The van der Waals surface area contributed by atoms with Gasteiger partial charge in [0.25, 0.3) is 0 Å². The first-order chi connectivity index (χ1) is 10.6. The smallest absolute Gasteiger partial charge is 0.223 e. The maximum atomic E-state index is 13.1. The standard InChI is InChI=1S/C17H26FN3O/c1-14(12-15-4-2-5-16(18)13-15)17(22)20-6-3-9-21-10-7-19-8-11-21/h2,4-5,13-14,19H,3,6-12H2,1H3,(H,20,22). The summed E-state index contributed by atoms with van der Waals surface area (Å²) in [6, 6.07) is 6.46. The van der Waals surface area contributed by atoms with E-state index < -0.39 is 0 Å². The molecule has 1 aromatic rings. The van der Waals surface area contributed by atoms with Gasteiger partial charge >= 0.3 is 0 Å². The lowest BCUT2D eigenvalue weighted by Crippen LogP contribution is -2.44. The second-order valence-corrected chi connectivity index (χ2v) is 5.97. The predicted molar refractivity (Wildman–Crippen MR) is 86.2 cm³/mol. The van der Waals surface area contributed by atoms with Crippen LogP contribution in [0.25, 0.3) is 0 Å². The molecule has 5 heteroatoms. The van der Waals surface area contributed by atoms with Gasteiger partial charge < -0.3 is 15.5 Å². The van der Waals surface area contributed by atoms with E-state index in [0.717, 1.165) is 44.7 Å². The molecule has 1 amide bonds. The van der Waals surface area contributed by atoms with Crippen LogP contribution in [0.1, 0.15) is 18.9 Å². The summed E-state index contributed by atoms with van der Waals surface area (Å²) in [4.78, 5) is 14.5. The summed E-state index contributed by atoms with van der Waals surface area (Å²) in [6.07, 6.45) is 1.54. The minimum Gasteiger partial charge on any atom is -0.356 e. The first-order valence-electron chi connectivity index (χ1n) is 8.10. The van der Waals surface area contributed by atoms with E-state index in [4.69, 9.17) is 0 Å². The molecule has 0 spiro atoms. The van der Waals surface area contributed by atoms with Crippen molar-refractivity contribution < 1.29 is 9.18 Å². The molecule has 0 aromatic heterocycles. The number of hydrogen-bond acceptors (Lipinski definition) is 3. The van der Waals surface area contributed by atoms with E-state index in [0.29, 0.717) is 13.0 Å². The Morgan fingerprint density at radius 2 is 2.18 bits per heavy atom. The van der Waals surface area contributed by atoms with Crippen molar-refractivity contribution in [1.29, 1.82) is 0 Å². The summed E-state index contributed by atoms with van der Waals surface area (Å²) in [5.74, 6) is -0.341. The molecule has 0 bridgehead atoms. The van der Waals surface area contributed by atoms with Gasteiger partial charge in [-0.2, -0.15) is 0 Å². The normalized spacial score (nSPS) is 17.2. The van der Waals surface area contributed by atoms with Crippen LogP contribution in [0.5, 0.6) is 0 Å². The monoisotopic (exact) mass is 307 g/mol.